The van der Waals surface area contributed by atoms with Gasteiger partial charge in [0.2, 0.25) is 0 Å². The lowest BCUT2D eigenvalue weighted by atomic mass is 10.2. The summed E-state index contributed by atoms with van der Waals surface area (Å²) in [6, 6.07) is 11.6. The van der Waals surface area contributed by atoms with E-state index in [9.17, 15) is 18.6 Å². The summed E-state index contributed by atoms with van der Waals surface area (Å²) in [4.78, 5) is -0.478. The number of hydrogen-bond donors (Lipinski definition) is 2. The molecule has 5 nitrogen and oxygen atoms in total. The van der Waals surface area contributed by atoms with Gasteiger partial charge in [-0.05, 0) is 35.9 Å². The highest BCUT2D eigenvalue weighted by molar-refractivity contribution is 7.95. The summed E-state index contributed by atoms with van der Waals surface area (Å²) in [7, 11) is -3.88. The fourth-order valence-electron chi connectivity index (χ4n) is 1.86. The van der Waals surface area contributed by atoms with Crippen molar-refractivity contribution in [1.82, 2.24) is 0 Å². The van der Waals surface area contributed by atoms with Gasteiger partial charge in [0.25, 0.3) is 0 Å². The summed E-state index contributed by atoms with van der Waals surface area (Å²) in [5, 5.41) is 28.6. The molecule has 0 amide bonds. The van der Waals surface area contributed by atoms with Gasteiger partial charge in [-0.2, -0.15) is 5.26 Å². The molecule has 0 aromatic heterocycles. The minimum atomic E-state index is -3.88. The van der Waals surface area contributed by atoms with Crippen LogP contribution in [-0.2, 0) is 15.6 Å². The van der Waals surface area contributed by atoms with E-state index < -0.39 is 14.7 Å². The van der Waals surface area contributed by atoms with Gasteiger partial charge in [0.15, 0.2) is 9.84 Å². The van der Waals surface area contributed by atoms with Crippen molar-refractivity contribution < 1.29 is 18.6 Å². The van der Waals surface area contributed by atoms with Gasteiger partial charge in [0.1, 0.15) is 22.5 Å². The predicted molar refractivity (Wildman–Crippen MR) is 87.4 cm³/mol. The number of nitriles is 1. The second-order valence-electron chi connectivity index (χ2n) is 4.75. The van der Waals surface area contributed by atoms with Crippen LogP contribution in [0.2, 0.25) is 5.02 Å². The van der Waals surface area contributed by atoms with Crippen LogP contribution in [0.25, 0.3) is 6.08 Å². The molecule has 2 N–H and O–H groups in total. The number of sulfone groups is 1. The van der Waals surface area contributed by atoms with Crippen molar-refractivity contribution in [3.8, 4) is 17.6 Å². The number of nitrogens with zero attached hydrogens (tertiary/aromatic N) is 1. The molecule has 0 bridgehead atoms. The first-order valence-corrected chi connectivity index (χ1v) is 8.46. The average Bonchev–Trinajstić information content (AvgIpc) is 2.48. The third-order valence-electron chi connectivity index (χ3n) is 3.02. The van der Waals surface area contributed by atoms with E-state index in [-0.39, 0.29) is 22.8 Å². The molecule has 23 heavy (non-hydrogen) atoms. The maximum atomic E-state index is 12.3. The number of halogens is 1. The maximum Gasteiger partial charge on any atom is 0.192 e. The van der Waals surface area contributed by atoms with Crippen molar-refractivity contribution in [2.45, 2.75) is 5.75 Å². The summed E-state index contributed by atoms with van der Waals surface area (Å²) < 4.78 is 24.7. The number of phenolic OH excluding ortho intramolecular Hbond substituents is 2. The molecule has 0 radical (unpaired) electrons. The number of phenols is 2. The van der Waals surface area contributed by atoms with Crippen LogP contribution in [0, 0.1) is 11.3 Å². The Morgan fingerprint density at radius 2 is 1.83 bits per heavy atom. The summed E-state index contributed by atoms with van der Waals surface area (Å²) in [6.45, 7) is 0. The normalized spacial score (nSPS) is 11.9. The monoisotopic (exact) mass is 349 g/mol. The lowest BCUT2D eigenvalue weighted by Crippen LogP contribution is -2.06. The van der Waals surface area contributed by atoms with Crippen LogP contribution in [0.3, 0.4) is 0 Å². The standard InChI is InChI=1S/C16H12ClNO4S/c17-13-4-1-11(2-5-13)10-23(21,22)15(9-18)7-12-3-6-14(19)8-16(12)20/h1-8,19-20H,10H2. The first-order chi connectivity index (χ1) is 10.8. The highest BCUT2D eigenvalue weighted by Gasteiger charge is 2.19. The van der Waals surface area contributed by atoms with Crippen LogP contribution in [0.1, 0.15) is 11.1 Å². The molecule has 118 valence electrons. The number of aromatic hydroxyl groups is 2. The van der Waals surface area contributed by atoms with E-state index in [4.69, 9.17) is 16.9 Å². The molecule has 2 rings (SSSR count). The second kappa shape index (κ2) is 6.73. The molecule has 0 atom stereocenters. The Kier molecular flexibility index (Phi) is 4.94. The minimum Gasteiger partial charge on any atom is -0.508 e. The molecule has 7 heteroatoms. The van der Waals surface area contributed by atoms with Crippen LogP contribution in [0.5, 0.6) is 11.5 Å². The fraction of sp³-hybridized carbons (Fsp3) is 0.0625. The van der Waals surface area contributed by atoms with Gasteiger partial charge in [0.05, 0.1) is 5.75 Å². The van der Waals surface area contributed by atoms with E-state index in [1.165, 1.54) is 12.1 Å². The molecule has 0 spiro atoms. The van der Waals surface area contributed by atoms with Gasteiger partial charge in [0, 0.05) is 16.7 Å². The Morgan fingerprint density at radius 1 is 1.17 bits per heavy atom. The molecule has 0 unspecified atom stereocenters. The largest absolute Gasteiger partial charge is 0.508 e. The Labute approximate surface area is 138 Å². The molecule has 0 aliphatic carbocycles. The molecule has 2 aromatic rings. The Bertz CT molecular complexity index is 897. The number of allylic oxidation sites excluding steroid dienone is 1. The third-order valence-corrected chi connectivity index (χ3v) is 4.86. The van der Waals surface area contributed by atoms with Crippen molar-refractivity contribution in [2.75, 3.05) is 0 Å². The topological polar surface area (TPSA) is 98.4 Å². The molecular weight excluding hydrogens is 338 g/mol. The summed E-state index contributed by atoms with van der Waals surface area (Å²) in [6.07, 6.45) is 1.07. The smallest absolute Gasteiger partial charge is 0.192 e. The van der Waals surface area contributed by atoms with Crippen LogP contribution >= 0.6 is 11.6 Å². The highest BCUT2D eigenvalue weighted by Crippen LogP contribution is 2.26. The number of benzene rings is 2. The lowest BCUT2D eigenvalue weighted by Gasteiger charge is -2.05. The van der Waals surface area contributed by atoms with Gasteiger partial charge in [-0.1, -0.05) is 23.7 Å². The highest BCUT2D eigenvalue weighted by atomic mass is 35.5. The van der Waals surface area contributed by atoms with E-state index in [1.54, 1.807) is 30.3 Å². The van der Waals surface area contributed by atoms with Crippen LogP contribution in [0.4, 0.5) is 0 Å². The SMILES string of the molecule is N#CC(=Cc1ccc(O)cc1O)S(=O)(=O)Cc1ccc(Cl)cc1. The first kappa shape index (κ1) is 16.9. The minimum absolute atomic E-state index is 0.124. The Balaban J connectivity index is 2.37. The van der Waals surface area contributed by atoms with Gasteiger partial charge in [-0.3, -0.25) is 0 Å². The molecular formula is C16H12ClNO4S. The molecule has 2 aromatic carbocycles. The number of rotatable bonds is 4. The van der Waals surface area contributed by atoms with Crippen molar-refractivity contribution in [3.05, 3.63) is 63.5 Å². The van der Waals surface area contributed by atoms with Gasteiger partial charge in [-0.15, -0.1) is 0 Å². The third kappa shape index (κ3) is 4.25. The average molecular weight is 350 g/mol. The van der Waals surface area contributed by atoms with Crippen molar-refractivity contribution >= 4 is 27.5 Å². The zero-order valence-corrected chi connectivity index (χ0v) is 13.3. The van der Waals surface area contributed by atoms with Crippen LogP contribution in [-0.4, -0.2) is 18.6 Å². The quantitative estimate of drug-likeness (QED) is 0.826. The van der Waals surface area contributed by atoms with Gasteiger partial charge < -0.3 is 10.2 Å². The lowest BCUT2D eigenvalue weighted by molar-refractivity contribution is 0.450. The van der Waals surface area contributed by atoms with E-state index in [1.807, 2.05) is 0 Å². The predicted octanol–water partition coefficient (Wildman–Crippen LogP) is 3.23. The van der Waals surface area contributed by atoms with Crippen molar-refractivity contribution in [1.29, 1.82) is 5.26 Å². The molecule has 0 heterocycles. The summed E-state index contributed by atoms with van der Waals surface area (Å²) in [5.74, 6) is -0.843. The molecule has 0 aliphatic heterocycles. The Hall–Kier alpha value is -2.49. The Morgan fingerprint density at radius 3 is 2.39 bits per heavy atom. The molecule has 0 saturated heterocycles. The van der Waals surface area contributed by atoms with E-state index in [0.29, 0.717) is 10.6 Å². The second-order valence-corrected chi connectivity index (χ2v) is 7.14. The van der Waals surface area contributed by atoms with E-state index in [0.717, 1.165) is 12.1 Å². The fourth-order valence-corrected chi connectivity index (χ4v) is 3.22. The number of hydrogen-bond acceptors (Lipinski definition) is 5. The molecule has 0 saturated carbocycles. The zero-order valence-electron chi connectivity index (χ0n) is 11.8. The summed E-state index contributed by atoms with van der Waals surface area (Å²) >= 11 is 5.75. The molecule has 0 fully saturated rings. The van der Waals surface area contributed by atoms with Crippen molar-refractivity contribution in [3.63, 3.8) is 0 Å². The molecule has 0 aliphatic rings. The summed E-state index contributed by atoms with van der Waals surface area (Å²) in [5.41, 5.74) is 0.615. The van der Waals surface area contributed by atoms with E-state index in [2.05, 4.69) is 0 Å². The van der Waals surface area contributed by atoms with Crippen LogP contribution < -0.4 is 0 Å². The van der Waals surface area contributed by atoms with Crippen molar-refractivity contribution in [2.24, 2.45) is 0 Å². The zero-order chi connectivity index (χ0) is 17.0. The van der Waals surface area contributed by atoms with Gasteiger partial charge in [-0.25, -0.2) is 8.42 Å². The van der Waals surface area contributed by atoms with E-state index >= 15 is 0 Å². The van der Waals surface area contributed by atoms with Gasteiger partial charge >= 0.3 is 0 Å². The first-order valence-electron chi connectivity index (χ1n) is 6.43. The van der Waals surface area contributed by atoms with Crippen LogP contribution in [0.15, 0.2) is 47.4 Å². The maximum absolute atomic E-state index is 12.3.